The standard InChI is InChI=1S/C10H7BrClN3O2S2/c11-5-1-2-7(6(12)3-5)13-9-14-15-10(19-9)18-4-8(16)17/h1-3H,4H2,(H,13,14)(H,16,17). The number of carboxylic acid groups (broad SMARTS) is 1. The molecule has 0 amide bonds. The first kappa shape index (κ1) is 14.6. The summed E-state index contributed by atoms with van der Waals surface area (Å²) in [5.74, 6) is -0.918. The third-order valence-electron chi connectivity index (χ3n) is 1.90. The van der Waals surface area contributed by atoms with E-state index in [2.05, 4.69) is 31.4 Å². The summed E-state index contributed by atoms with van der Waals surface area (Å²) in [6.45, 7) is 0. The Morgan fingerprint density at radius 3 is 3.00 bits per heavy atom. The van der Waals surface area contributed by atoms with Crippen LogP contribution in [-0.2, 0) is 4.79 Å². The van der Waals surface area contributed by atoms with E-state index < -0.39 is 5.97 Å². The van der Waals surface area contributed by atoms with Gasteiger partial charge in [0.15, 0.2) is 4.34 Å². The molecule has 5 nitrogen and oxygen atoms in total. The van der Waals surface area contributed by atoms with Crippen molar-refractivity contribution in [3.05, 3.63) is 27.7 Å². The second kappa shape index (κ2) is 6.56. The minimum atomic E-state index is -0.884. The van der Waals surface area contributed by atoms with Crippen molar-refractivity contribution in [2.75, 3.05) is 11.1 Å². The fourth-order valence-corrected chi connectivity index (χ4v) is 3.35. The molecule has 0 aliphatic heterocycles. The summed E-state index contributed by atoms with van der Waals surface area (Å²) < 4.78 is 1.48. The molecule has 1 heterocycles. The summed E-state index contributed by atoms with van der Waals surface area (Å²) in [6.07, 6.45) is 0. The number of hydrogen-bond donors (Lipinski definition) is 2. The summed E-state index contributed by atoms with van der Waals surface area (Å²) >= 11 is 11.8. The van der Waals surface area contributed by atoms with E-state index in [-0.39, 0.29) is 5.75 Å². The predicted octanol–water partition coefficient (Wildman–Crippen LogP) is 3.87. The number of nitrogens with one attached hydrogen (secondary N) is 1. The van der Waals surface area contributed by atoms with Gasteiger partial charge in [-0.25, -0.2) is 0 Å². The average molecular weight is 381 g/mol. The fourth-order valence-electron chi connectivity index (χ4n) is 1.15. The number of aliphatic carboxylic acids is 1. The number of carbonyl (C=O) groups is 1. The quantitative estimate of drug-likeness (QED) is 0.767. The van der Waals surface area contributed by atoms with E-state index in [9.17, 15) is 4.79 Å². The molecule has 0 unspecified atom stereocenters. The molecule has 0 saturated carbocycles. The maximum atomic E-state index is 10.4. The first-order valence-corrected chi connectivity index (χ1v) is 7.92. The van der Waals surface area contributed by atoms with E-state index >= 15 is 0 Å². The van der Waals surface area contributed by atoms with E-state index in [4.69, 9.17) is 16.7 Å². The lowest BCUT2D eigenvalue weighted by molar-refractivity contribution is -0.133. The summed E-state index contributed by atoms with van der Waals surface area (Å²) in [7, 11) is 0. The highest BCUT2D eigenvalue weighted by molar-refractivity contribution is 9.10. The number of aromatic nitrogens is 2. The molecule has 0 spiro atoms. The second-order valence-electron chi connectivity index (χ2n) is 3.30. The zero-order valence-corrected chi connectivity index (χ0v) is 13.2. The Hall–Kier alpha value is -0.830. The maximum Gasteiger partial charge on any atom is 0.313 e. The van der Waals surface area contributed by atoms with Gasteiger partial charge in [0, 0.05) is 4.47 Å². The van der Waals surface area contributed by atoms with Crippen molar-refractivity contribution in [2.24, 2.45) is 0 Å². The van der Waals surface area contributed by atoms with Crippen molar-refractivity contribution in [3.63, 3.8) is 0 Å². The zero-order valence-electron chi connectivity index (χ0n) is 9.26. The Kier molecular flexibility index (Phi) is 5.03. The van der Waals surface area contributed by atoms with Crippen molar-refractivity contribution >= 4 is 67.4 Å². The number of carboxylic acids is 1. The van der Waals surface area contributed by atoms with Gasteiger partial charge in [-0.1, -0.05) is 50.6 Å². The number of hydrogen-bond acceptors (Lipinski definition) is 6. The Balaban J connectivity index is 2.05. The SMILES string of the molecule is O=C(O)CSc1nnc(Nc2ccc(Br)cc2Cl)s1. The lowest BCUT2D eigenvalue weighted by atomic mass is 10.3. The predicted molar refractivity (Wildman–Crippen MR) is 80.7 cm³/mol. The smallest absolute Gasteiger partial charge is 0.313 e. The summed E-state index contributed by atoms with van der Waals surface area (Å²) in [4.78, 5) is 10.4. The van der Waals surface area contributed by atoms with E-state index in [1.54, 1.807) is 6.07 Å². The zero-order chi connectivity index (χ0) is 13.8. The van der Waals surface area contributed by atoms with Gasteiger partial charge in [-0.3, -0.25) is 4.79 Å². The van der Waals surface area contributed by atoms with Crippen molar-refractivity contribution in [1.82, 2.24) is 10.2 Å². The number of rotatable bonds is 5. The number of benzene rings is 1. The van der Waals surface area contributed by atoms with Crippen LogP contribution in [0.1, 0.15) is 0 Å². The van der Waals surface area contributed by atoms with Crippen LogP contribution in [0.25, 0.3) is 0 Å². The van der Waals surface area contributed by atoms with Crippen LogP contribution in [-0.4, -0.2) is 27.0 Å². The largest absolute Gasteiger partial charge is 0.481 e. The molecule has 0 bridgehead atoms. The molecule has 0 aliphatic carbocycles. The van der Waals surface area contributed by atoms with Crippen LogP contribution in [0, 0.1) is 0 Å². The van der Waals surface area contributed by atoms with Gasteiger partial charge in [-0.05, 0) is 18.2 Å². The van der Waals surface area contributed by atoms with E-state index in [1.165, 1.54) is 11.3 Å². The molecule has 0 aliphatic rings. The Morgan fingerprint density at radius 2 is 2.32 bits per heavy atom. The topological polar surface area (TPSA) is 75.1 Å². The van der Waals surface area contributed by atoms with E-state index in [0.717, 1.165) is 21.9 Å². The van der Waals surface area contributed by atoms with Crippen LogP contribution < -0.4 is 5.32 Å². The number of anilines is 2. The number of halogens is 2. The highest BCUT2D eigenvalue weighted by Gasteiger charge is 2.08. The molecule has 1 aromatic heterocycles. The Bertz CT molecular complexity index is 608. The normalized spacial score (nSPS) is 10.4. The Morgan fingerprint density at radius 1 is 1.53 bits per heavy atom. The molecular formula is C10H7BrClN3O2S2. The van der Waals surface area contributed by atoms with Gasteiger partial charge in [0.2, 0.25) is 5.13 Å². The molecular weight excluding hydrogens is 374 g/mol. The summed E-state index contributed by atoms with van der Waals surface area (Å²) in [6, 6.07) is 5.44. The molecule has 0 saturated heterocycles. The van der Waals surface area contributed by atoms with Gasteiger partial charge in [0.25, 0.3) is 0 Å². The lowest BCUT2D eigenvalue weighted by Crippen LogP contribution is -1.96. The van der Waals surface area contributed by atoms with Crippen LogP contribution in [0.2, 0.25) is 5.02 Å². The molecule has 2 N–H and O–H groups in total. The minimum Gasteiger partial charge on any atom is -0.481 e. The van der Waals surface area contributed by atoms with Crippen molar-refractivity contribution in [1.29, 1.82) is 0 Å². The molecule has 19 heavy (non-hydrogen) atoms. The van der Waals surface area contributed by atoms with Crippen LogP contribution in [0.5, 0.6) is 0 Å². The maximum absolute atomic E-state index is 10.4. The molecule has 0 atom stereocenters. The van der Waals surface area contributed by atoms with Crippen LogP contribution >= 0.6 is 50.6 Å². The first-order valence-electron chi connectivity index (χ1n) is 4.95. The van der Waals surface area contributed by atoms with Crippen LogP contribution in [0.15, 0.2) is 27.0 Å². The molecule has 100 valence electrons. The van der Waals surface area contributed by atoms with Crippen LogP contribution in [0.3, 0.4) is 0 Å². The van der Waals surface area contributed by atoms with Crippen molar-refractivity contribution in [3.8, 4) is 0 Å². The van der Waals surface area contributed by atoms with E-state index in [1.807, 2.05) is 12.1 Å². The molecule has 2 rings (SSSR count). The Labute approximate surface area is 130 Å². The number of nitrogens with zero attached hydrogens (tertiary/aromatic N) is 2. The molecule has 9 heteroatoms. The van der Waals surface area contributed by atoms with Gasteiger partial charge in [0.1, 0.15) is 0 Å². The molecule has 0 fully saturated rings. The van der Waals surface area contributed by atoms with Crippen molar-refractivity contribution in [2.45, 2.75) is 4.34 Å². The van der Waals surface area contributed by atoms with Gasteiger partial charge >= 0.3 is 5.97 Å². The highest BCUT2D eigenvalue weighted by Crippen LogP contribution is 2.31. The molecule has 0 radical (unpaired) electrons. The highest BCUT2D eigenvalue weighted by atomic mass is 79.9. The molecule has 2 aromatic rings. The van der Waals surface area contributed by atoms with Gasteiger partial charge in [-0.15, -0.1) is 10.2 Å². The third-order valence-corrected chi connectivity index (χ3v) is 4.66. The second-order valence-corrected chi connectivity index (χ2v) is 6.83. The summed E-state index contributed by atoms with van der Waals surface area (Å²) in [5, 5.41) is 20.6. The van der Waals surface area contributed by atoms with Gasteiger partial charge < -0.3 is 10.4 Å². The monoisotopic (exact) mass is 379 g/mol. The first-order chi connectivity index (χ1) is 9.04. The average Bonchev–Trinajstić information content (AvgIpc) is 2.78. The van der Waals surface area contributed by atoms with E-state index in [0.29, 0.717) is 14.5 Å². The van der Waals surface area contributed by atoms with Gasteiger partial charge in [-0.2, -0.15) is 0 Å². The third kappa shape index (κ3) is 4.34. The number of thioether (sulfide) groups is 1. The minimum absolute atomic E-state index is 0.0341. The lowest BCUT2D eigenvalue weighted by Gasteiger charge is -2.04. The molecule has 1 aromatic carbocycles. The van der Waals surface area contributed by atoms with Crippen molar-refractivity contribution < 1.29 is 9.90 Å². The fraction of sp³-hybridized carbons (Fsp3) is 0.100. The van der Waals surface area contributed by atoms with Crippen LogP contribution in [0.4, 0.5) is 10.8 Å². The summed E-state index contributed by atoms with van der Waals surface area (Å²) in [5.41, 5.74) is 0.718. The van der Waals surface area contributed by atoms with Gasteiger partial charge in [0.05, 0.1) is 16.5 Å².